The molecule has 4 atom stereocenters. The molecule has 14 heavy (non-hydrogen) atoms. The average molecular weight is 200 g/mol. The van der Waals surface area contributed by atoms with Gasteiger partial charge in [-0.15, -0.1) is 0 Å². The van der Waals surface area contributed by atoms with E-state index in [1.807, 2.05) is 0 Å². The molecular formula is C11H20O3. The fourth-order valence-electron chi connectivity index (χ4n) is 2.19. The zero-order valence-corrected chi connectivity index (χ0v) is 9.19. The molecule has 0 spiro atoms. The normalized spacial score (nSPS) is 34.4. The quantitative estimate of drug-likeness (QED) is 0.756. The molecule has 0 aromatic carbocycles. The van der Waals surface area contributed by atoms with Crippen LogP contribution in [-0.2, 0) is 9.53 Å². The van der Waals surface area contributed by atoms with Gasteiger partial charge < -0.3 is 9.84 Å². The molecule has 0 bridgehead atoms. The van der Waals surface area contributed by atoms with E-state index in [0.717, 1.165) is 6.42 Å². The Balaban J connectivity index is 2.50. The molecule has 1 rings (SSSR count). The highest BCUT2D eigenvalue weighted by molar-refractivity contribution is 5.67. The fraction of sp³-hybridized carbons (Fsp3) is 0.909. The third-order valence-electron chi connectivity index (χ3n) is 3.41. The van der Waals surface area contributed by atoms with Crippen molar-refractivity contribution in [1.82, 2.24) is 0 Å². The van der Waals surface area contributed by atoms with Crippen molar-refractivity contribution in [3.8, 4) is 0 Å². The van der Waals surface area contributed by atoms with Crippen LogP contribution < -0.4 is 0 Å². The lowest BCUT2D eigenvalue weighted by Crippen LogP contribution is -2.25. The Kier molecular flexibility index (Phi) is 3.93. The van der Waals surface area contributed by atoms with Crippen molar-refractivity contribution in [2.75, 3.05) is 6.61 Å². The van der Waals surface area contributed by atoms with Gasteiger partial charge in [0.25, 0.3) is 0 Å². The largest absolute Gasteiger partial charge is 0.481 e. The van der Waals surface area contributed by atoms with E-state index >= 15 is 0 Å². The second-order valence-corrected chi connectivity index (χ2v) is 4.40. The molecule has 82 valence electrons. The van der Waals surface area contributed by atoms with Gasteiger partial charge in [0.2, 0.25) is 0 Å². The van der Waals surface area contributed by atoms with E-state index in [0.29, 0.717) is 18.4 Å². The second-order valence-electron chi connectivity index (χ2n) is 4.40. The van der Waals surface area contributed by atoms with Crippen molar-refractivity contribution < 1.29 is 14.6 Å². The molecule has 0 saturated carbocycles. The van der Waals surface area contributed by atoms with Crippen molar-refractivity contribution in [3.05, 3.63) is 0 Å². The van der Waals surface area contributed by atoms with Gasteiger partial charge in [0, 0.05) is 0 Å². The van der Waals surface area contributed by atoms with E-state index in [1.54, 1.807) is 0 Å². The van der Waals surface area contributed by atoms with Gasteiger partial charge in [-0.05, 0) is 17.8 Å². The van der Waals surface area contributed by atoms with Gasteiger partial charge in [0.15, 0.2) is 0 Å². The van der Waals surface area contributed by atoms with Crippen LogP contribution in [-0.4, -0.2) is 23.8 Å². The molecule has 2 unspecified atom stereocenters. The summed E-state index contributed by atoms with van der Waals surface area (Å²) in [6, 6.07) is 0. The molecule has 1 aliphatic rings. The monoisotopic (exact) mass is 200 g/mol. The summed E-state index contributed by atoms with van der Waals surface area (Å²) < 4.78 is 5.67. The lowest BCUT2D eigenvalue weighted by molar-refractivity contribution is -0.138. The maximum Gasteiger partial charge on any atom is 0.303 e. The first-order valence-electron chi connectivity index (χ1n) is 5.39. The summed E-state index contributed by atoms with van der Waals surface area (Å²) in [6.45, 7) is 7.04. The van der Waals surface area contributed by atoms with Crippen LogP contribution in [0.25, 0.3) is 0 Å². The first-order valence-corrected chi connectivity index (χ1v) is 5.39. The predicted octanol–water partition coefficient (Wildman–Crippen LogP) is 2.16. The number of rotatable bonds is 4. The maximum atomic E-state index is 10.6. The van der Waals surface area contributed by atoms with E-state index in [4.69, 9.17) is 9.84 Å². The van der Waals surface area contributed by atoms with Crippen LogP contribution in [0.15, 0.2) is 0 Å². The third-order valence-corrected chi connectivity index (χ3v) is 3.41. The van der Waals surface area contributed by atoms with Gasteiger partial charge in [-0.2, -0.15) is 0 Å². The fourth-order valence-corrected chi connectivity index (χ4v) is 2.19. The lowest BCUT2D eigenvalue weighted by atomic mass is 9.84. The molecule has 0 aromatic rings. The van der Waals surface area contributed by atoms with E-state index in [2.05, 4.69) is 20.8 Å². The number of carboxylic acids is 1. The Morgan fingerprint density at radius 3 is 2.79 bits per heavy atom. The minimum absolute atomic E-state index is 0.200. The van der Waals surface area contributed by atoms with Crippen LogP contribution in [0.1, 0.15) is 33.6 Å². The molecule has 1 saturated heterocycles. The van der Waals surface area contributed by atoms with Crippen LogP contribution in [0, 0.1) is 17.8 Å². The van der Waals surface area contributed by atoms with E-state index in [9.17, 15) is 4.79 Å². The number of aliphatic carboxylic acids is 1. The summed E-state index contributed by atoms with van der Waals surface area (Å²) in [6.07, 6.45) is 1.59. The summed E-state index contributed by atoms with van der Waals surface area (Å²) in [5.41, 5.74) is 0. The zero-order valence-electron chi connectivity index (χ0n) is 9.19. The molecule has 3 heteroatoms. The average Bonchev–Trinajstić information content (AvgIpc) is 2.46. The zero-order chi connectivity index (χ0) is 10.7. The molecular weight excluding hydrogens is 180 g/mol. The molecule has 1 fully saturated rings. The van der Waals surface area contributed by atoms with Crippen molar-refractivity contribution in [2.24, 2.45) is 17.8 Å². The Morgan fingerprint density at radius 2 is 2.29 bits per heavy atom. The summed E-state index contributed by atoms with van der Waals surface area (Å²) in [5.74, 6) is 0.395. The molecule has 1 heterocycles. The van der Waals surface area contributed by atoms with Gasteiger partial charge in [0.05, 0.1) is 19.1 Å². The Morgan fingerprint density at radius 1 is 1.64 bits per heavy atom. The molecule has 3 nitrogen and oxygen atoms in total. The summed E-state index contributed by atoms with van der Waals surface area (Å²) >= 11 is 0. The smallest absolute Gasteiger partial charge is 0.303 e. The number of hydrogen-bond acceptors (Lipinski definition) is 2. The lowest BCUT2D eigenvalue weighted by Gasteiger charge is -2.22. The predicted molar refractivity (Wildman–Crippen MR) is 54.1 cm³/mol. The van der Waals surface area contributed by atoms with Crippen LogP contribution >= 0.6 is 0 Å². The highest BCUT2D eigenvalue weighted by Gasteiger charge is 2.37. The summed E-state index contributed by atoms with van der Waals surface area (Å²) in [4.78, 5) is 10.6. The minimum atomic E-state index is -0.713. The van der Waals surface area contributed by atoms with Gasteiger partial charge in [-0.1, -0.05) is 27.2 Å². The number of carboxylic acid groups (broad SMARTS) is 1. The van der Waals surface area contributed by atoms with E-state index in [1.165, 1.54) is 0 Å². The molecule has 1 N–H and O–H groups in total. The SMILES string of the molecule is CCC(C)C1OC[C@@H](CC(=O)O)[C@@H]1C. The van der Waals surface area contributed by atoms with Crippen LogP contribution in [0.5, 0.6) is 0 Å². The van der Waals surface area contributed by atoms with Crippen molar-refractivity contribution in [3.63, 3.8) is 0 Å². The minimum Gasteiger partial charge on any atom is -0.481 e. The number of carbonyl (C=O) groups is 1. The molecule has 0 amide bonds. The van der Waals surface area contributed by atoms with E-state index < -0.39 is 5.97 Å². The van der Waals surface area contributed by atoms with Crippen LogP contribution in [0.2, 0.25) is 0 Å². The van der Waals surface area contributed by atoms with Crippen molar-refractivity contribution in [2.45, 2.75) is 39.7 Å². The van der Waals surface area contributed by atoms with Gasteiger partial charge in [-0.3, -0.25) is 4.79 Å². The van der Waals surface area contributed by atoms with Crippen LogP contribution in [0.3, 0.4) is 0 Å². The standard InChI is InChI=1S/C11H20O3/c1-4-7(2)11-8(3)9(6-14-11)5-10(12)13/h7-9,11H,4-6H2,1-3H3,(H,12,13)/t7?,8-,9+,11?/m0/s1. The van der Waals surface area contributed by atoms with Gasteiger partial charge in [0.1, 0.15) is 0 Å². The second kappa shape index (κ2) is 4.78. The first kappa shape index (κ1) is 11.5. The third kappa shape index (κ3) is 2.47. The maximum absolute atomic E-state index is 10.6. The van der Waals surface area contributed by atoms with E-state index in [-0.39, 0.29) is 18.4 Å². The molecule has 0 aromatic heterocycles. The van der Waals surface area contributed by atoms with Gasteiger partial charge >= 0.3 is 5.97 Å². The molecule has 0 radical (unpaired) electrons. The highest BCUT2D eigenvalue weighted by atomic mass is 16.5. The molecule has 0 aliphatic carbocycles. The van der Waals surface area contributed by atoms with Gasteiger partial charge in [-0.25, -0.2) is 0 Å². The van der Waals surface area contributed by atoms with Crippen molar-refractivity contribution >= 4 is 5.97 Å². The molecule has 1 aliphatic heterocycles. The highest BCUT2D eigenvalue weighted by Crippen LogP contribution is 2.34. The number of hydrogen-bond donors (Lipinski definition) is 1. The first-order chi connectivity index (χ1) is 6.56. The number of ether oxygens (including phenoxy) is 1. The topological polar surface area (TPSA) is 46.5 Å². The Bertz CT molecular complexity index is 203. The summed E-state index contributed by atoms with van der Waals surface area (Å²) in [5, 5.41) is 8.72. The van der Waals surface area contributed by atoms with Crippen LogP contribution in [0.4, 0.5) is 0 Å². The Hall–Kier alpha value is -0.570. The Labute approximate surface area is 85.5 Å². The van der Waals surface area contributed by atoms with Crippen molar-refractivity contribution in [1.29, 1.82) is 0 Å². The summed E-state index contributed by atoms with van der Waals surface area (Å²) in [7, 11) is 0.